The molecular weight excluding hydrogens is 302 g/mol. The lowest BCUT2D eigenvalue weighted by Gasteiger charge is -2.10. The van der Waals surface area contributed by atoms with Gasteiger partial charge in [0.1, 0.15) is 6.04 Å². The van der Waals surface area contributed by atoms with E-state index in [1.165, 1.54) is 12.1 Å². The number of carbonyl (C=O) groups is 2. The van der Waals surface area contributed by atoms with Gasteiger partial charge >= 0.3 is 0 Å². The van der Waals surface area contributed by atoms with Gasteiger partial charge in [-0.1, -0.05) is 23.9 Å². The Balaban J connectivity index is 1.97. The topological polar surface area (TPSA) is 118 Å². The molecule has 0 spiro atoms. The molecule has 0 aromatic heterocycles. The number of rotatable bonds is 4. The number of benzene rings is 1. The largest absolute Gasteiger partial charge is 0.350 e. The second-order valence-corrected chi connectivity index (χ2v) is 6.76. The minimum absolute atomic E-state index is 0.00558. The molecule has 7 nitrogen and oxygen atoms in total. The minimum atomic E-state index is -3.76. The van der Waals surface area contributed by atoms with Crippen LogP contribution in [0, 0.1) is 0 Å². The van der Waals surface area contributed by atoms with Gasteiger partial charge in [-0.05, 0) is 17.7 Å². The van der Waals surface area contributed by atoms with Crippen LogP contribution in [0.15, 0.2) is 29.2 Å². The van der Waals surface area contributed by atoms with Crippen molar-refractivity contribution in [1.82, 2.24) is 10.6 Å². The summed E-state index contributed by atoms with van der Waals surface area (Å²) in [5.74, 6) is 0.0892. The fourth-order valence-corrected chi connectivity index (χ4v) is 3.03. The Morgan fingerprint density at radius 1 is 1.50 bits per heavy atom. The second kappa shape index (κ2) is 5.81. The van der Waals surface area contributed by atoms with Crippen LogP contribution >= 0.6 is 11.8 Å². The molecule has 2 amide bonds. The summed E-state index contributed by atoms with van der Waals surface area (Å²) in [7, 11) is -3.76. The number of nitrogens with one attached hydrogen (secondary N) is 2. The lowest BCUT2D eigenvalue weighted by Crippen LogP contribution is -2.42. The highest BCUT2D eigenvalue weighted by Gasteiger charge is 2.27. The highest BCUT2D eigenvalue weighted by atomic mass is 32.2. The maximum Gasteiger partial charge on any atom is 0.279 e. The van der Waals surface area contributed by atoms with E-state index < -0.39 is 16.1 Å². The van der Waals surface area contributed by atoms with Crippen molar-refractivity contribution in [2.24, 2.45) is 5.14 Å². The van der Waals surface area contributed by atoms with Crippen LogP contribution in [0.2, 0.25) is 0 Å². The van der Waals surface area contributed by atoms with Gasteiger partial charge in [0.25, 0.3) is 5.24 Å². The van der Waals surface area contributed by atoms with Gasteiger partial charge in [0.15, 0.2) is 0 Å². The highest BCUT2D eigenvalue weighted by molar-refractivity contribution is 8.14. The van der Waals surface area contributed by atoms with Crippen molar-refractivity contribution < 1.29 is 18.0 Å². The van der Waals surface area contributed by atoms with E-state index in [1.807, 2.05) is 0 Å². The summed E-state index contributed by atoms with van der Waals surface area (Å²) in [6.45, 7) is 0.166. The van der Waals surface area contributed by atoms with Crippen LogP contribution < -0.4 is 15.8 Å². The summed E-state index contributed by atoms with van der Waals surface area (Å²) in [5, 5.41) is 9.97. The van der Waals surface area contributed by atoms with Gasteiger partial charge < -0.3 is 10.6 Å². The monoisotopic (exact) mass is 315 g/mol. The third-order valence-corrected chi connectivity index (χ3v) is 4.47. The van der Waals surface area contributed by atoms with Crippen LogP contribution in [0.3, 0.4) is 0 Å². The van der Waals surface area contributed by atoms with Crippen molar-refractivity contribution in [2.75, 3.05) is 5.75 Å². The van der Waals surface area contributed by atoms with E-state index in [9.17, 15) is 18.0 Å². The summed E-state index contributed by atoms with van der Waals surface area (Å²) in [6.07, 6.45) is 0. The molecule has 0 bridgehead atoms. The number of hydrogen-bond donors (Lipinski definition) is 3. The van der Waals surface area contributed by atoms with Crippen molar-refractivity contribution in [3.8, 4) is 0 Å². The number of sulfonamides is 1. The zero-order chi connectivity index (χ0) is 14.8. The Bertz CT molecular complexity index is 645. The standard InChI is InChI=1S/C11H13N3O4S2/c12-20(17,18)8-3-1-2-7(4-8)5-13-10(15)9-6-19-11(16)14-9/h1-4,9H,5-6H2,(H,13,15)(H,14,16)(H2,12,17,18). The molecule has 1 aliphatic rings. The highest BCUT2D eigenvalue weighted by Crippen LogP contribution is 2.13. The third kappa shape index (κ3) is 3.71. The molecule has 20 heavy (non-hydrogen) atoms. The molecule has 4 N–H and O–H groups in total. The Labute approximate surface area is 120 Å². The summed E-state index contributed by atoms with van der Waals surface area (Å²) in [6, 6.07) is 5.46. The van der Waals surface area contributed by atoms with Crippen LogP contribution in [0.1, 0.15) is 5.56 Å². The first-order valence-corrected chi connectivity index (χ1v) is 8.22. The van der Waals surface area contributed by atoms with Gasteiger partial charge in [0, 0.05) is 12.3 Å². The van der Waals surface area contributed by atoms with Crippen molar-refractivity contribution in [3.63, 3.8) is 0 Å². The van der Waals surface area contributed by atoms with Crippen molar-refractivity contribution in [2.45, 2.75) is 17.5 Å². The van der Waals surface area contributed by atoms with Crippen LogP contribution in [0.5, 0.6) is 0 Å². The number of primary sulfonamides is 1. The second-order valence-electron chi connectivity index (χ2n) is 4.21. The molecule has 1 aliphatic heterocycles. The number of hydrogen-bond acceptors (Lipinski definition) is 5. The van der Waals surface area contributed by atoms with Crippen molar-refractivity contribution >= 4 is 32.9 Å². The molecule has 2 rings (SSSR count). The molecule has 1 atom stereocenters. The summed E-state index contributed by atoms with van der Waals surface area (Å²) in [4.78, 5) is 22.7. The fourth-order valence-electron chi connectivity index (χ4n) is 1.67. The Hall–Kier alpha value is -1.58. The first kappa shape index (κ1) is 14.8. The predicted molar refractivity (Wildman–Crippen MR) is 74.4 cm³/mol. The molecule has 0 radical (unpaired) electrons. The molecule has 1 saturated heterocycles. The normalized spacial score (nSPS) is 18.6. The molecule has 1 aromatic carbocycles. The van der Waals surface area contributed by atoms with Crippen molar-refractivity contribution in [3.05, 3.63) is 29.8 Å². The average molecular weight is 315 g/mol. The van der Waals surface area contributed by atoms with Gasteiger partial charge in [-0.3, -0.25) is 9.59 Å². The fraction of sp³-hybridized carbons (Fsp3) is 0.273. The molecular formula is C11H13N3O4S2. The van der Waals surface area contributed by atoms with Crippen LogP contribution in [0.25, 0.3) is 0 Å². The zero-order valence-electron chi connectivity index (χ0n) is 10.3. The number of amides is 2. The van der Waals surface area contributed by atoms with E-state index in [0.29, 0.717) is 11.3 Å². The SMILES string of the molecule is NS(=O)(=O)c1cccc(CNC(=O)C2CSC(=O)N2)c1. The molecule has 1 fully saturated rings. The summed E-state index contributed by atoms with van der Waals surface area (Å²) < 4.78 is 22.4. The van der Waals surface area contributed by atoms with Crippen LogP contribution in [0.4, 0.5) is 4.79 Å². The van der Waals surface area contributed by atoms with Gasteiger partial charge in [-0.2, -0.15) is 0 Å². The lowest BCUT2D eigenvalue weighted by molar-refractivity contribution is -0.122. The Morgan fingerprint density at radius 2 is 2.25 bits per heavy atom. The van der Waals surface area contributed by atoms with E-state index in [2.05, 4.69) is 10.6 Å². The first-order chi connectivity index (χ1) is 9.36. The zero-order valence-corrected chi connectivity index (χ0v) is 12.0. The van der Waals surface area contributed by atoms with Crippen LogP contribution in [-0.4, -0.2) is 31.4 Å². The quantitative estimate of drug-likeness (QED) is 0.709. The van der Waals surface area contributed by atoms with Gasteiger partial charge in [-0.15, -0.1) is 0 Å². The molecule has 9 heteroatoms. The molecule has 1 heterocycles. The molecule has 1 aromatic rings. The Morgan fingerprint density at radius 3 is 2.85 bits per heavy atom. The van der Waals surface area contributed by atoms with E-state index in [1.54, 1.807) is 12.1 Å². The molecule has 1 unspecified atom stereocenters. The first-order valence-electron chi connectivity index (χ1n) is 5.69. The average Bonchev–Trinajstić information content (AvgIpc) is 2.82. The smallest absolute Gasteiger partial charge is 0.279 e. The van der Waals surface area contributed by atoms with Crippen molar-refractivity contribution in [1.29, 1.82) is 0 Å². The summed E-state index contributed by atoms with van der Waals surface area (Å²) >= 11 is 1.05. The minimum Gasteiger partial charge on any atom is -0.350 e. The van der Waals surface area contributed by atoms with E-state index >= 15 is 0 Å². The number of thioether (sulfide) groups is 1. The number of nitrogens with two attached hydrogens (primary N) is 1. The van der Waals surface area contributed by atoms with Gasteiger partial charge in [0.05, 0.1) is 4.90 Å². The molecule has 108 valence electrons. The maximum absolute atomic E-state index is 11.8. The molecule has 0 aliphatic carbocycles. The Kier molecular flexibility index (Phi) is 4.31. The lowest BCUT2D eigenvalue weighted by atomic mass is 10.2. The summed E-state index contributed by atoms with van der Waals surface area (Å²) in [5.41, 5.74) is 0.613. The number of carbonyl (C=O) groups excluding carboxylic acids is 2. The van der Waals surface area contributed by atoms with E-state index in [0.717, 1.165) is 11.8 Å². The van der Waals surface area contributed by atoms with Gasteiger partial charge in [0.2, 0.25) is 15.9 Å². The maximum atomic E-state index is 11.8. The van der Waals surface area contributed by atoms with E-state index in [4.69, 9.17) is 5.14 Å². The molecule has 0 saturated carbocycles. The third-order valence-electron chi connectivity index (χ3n) is 2.68. The van der Waals surface area contributed by atoms with Crippen LogP contribution in [-0.2, 0) is 21.4 Å². The van der Waals surface area contributed by atoms with E-state index in [-0.39, 0.29) is 22.6 Å². The predicted octanol–water partition coefficient (Wildman–Crippen LogP) is -0.225. The van der Waals surface area contributed by atoms with Gasteiger partial charge in [-0.25, -0.2) is 13.6 Å².